The summed E-state index contributed by atoms with van der Waals surface area (Å²) in [4.78, 5) is 4.00. The smallest absolute Gasteiger partial charge is 0.0331 e. The molecule has 104 valence electrons. The molecule has 1 unspecified atom stereocenters. The maximum Gasteiger partial charge on any atom is 0.0331 e. The fourth-order valence-electron chi connectivity index (χ4n) is 2.01. The first-order chi connectivity index (χ1) is 8.63. The van der Waals surface area contributed by atoms with Crippen LogP contribution in [0.5, 0.6) is 0 Å². The SMILES string of the molecule is CCN(Cc1cccs1)C(C)CNCCC(C)C. The number of rotatable bonds is 9. The van der Waals surface area contributed by atoms with Gasteiger partial charge in [0.1, 0.15) is 0 Å². The summed E-state index contributed by atoms with van der Waals surface area (Å²) in [5.41, 5.74) is 0. The van der Waals surface area contributed by atoms with Crippen LogP contribution in [0.15, 0.2) is 17.5 Å². The summed E-state index contributed by atoms with van der Waals surface area (Å²) in [5, 5.41) is 5.73. The number of nitrogens with one attached hydrogen (secondary N) is 1. The molecular weight excluding hydrogens is 240 g/mol. The standard InChI is InChI=1S/C15H28N2S/c1-5-17(12-15-7-6-10-18-15)14(4)11-16-9-8-13(2)3/h6-7,10,13-14,16H,5,8-9,11-12H2,1-4H3. The first-order valence-corrected chi connectivity index (χ1v) is 7.98. The molecule has 0 radical (unpaired) electrons. The fourth-order valence-corrected chi connectivity index (χ4v) is 2.74. The Hall–Kier alpha value is -0.380. The second-order valence-corrected chi connectivity index (χ2v) is 6.41. The number of thiophene rings is 1. The van der Waals surface area contributed by atoms with Crippen molar-refractivity contribution in [3.05, 3.63) is 22.4 Å². The molecule has 1 aromatic rings. The van der Waals surface area contributed by atoms with Crippen LogP contribution in [0.3, 0.4) is 0 Å². The lowest BCUT2D eigenvalue weighted by atomic mass is 10.1. The van der Waals surface area contributed by atoms with E-state index in [1.807, 2.05) is 11.3 Å². The zero-order valence-electron chi connectivity index (χ0n) is 12.3. The highest BCUT2D eigenvalue weighted by Gasteiger charge is 2.12. The fraction of sp³-hybridized carbons (Fsp3) is 0.733. The van der Waals surface area contributed by atoms with Crippen molar-refractivity contribution in [2.75, 3.05) is 19.6 Å². The maximum atomic E-state index is 3.57. The molecule has 0 amide bonds. The van der Waals surface area contributed by atoms with E-state index >= 15 is 0 Å². The number of likely N-dealkylation sites (N-methyl/N-ethyl adjacent to an activating group) is 1. The van der Waals surface area contributed by atoms with E-state index in [9.17, 15) is 0 Å². The lowest BCUT2D eigenvalue weighted by molar-refractivity contribution is 0.207. The average molecular weight is 268 g/mol. The summed E-state index contributed by atoms with van der Waals surface area (Å²) < 4.78 is 0. The summed E-state index contributed by atoms with van der Waals surface area (Å²) in [6.07, 6.45) is 1.27. The van der Waals surface area contributed by atoms with Crippen LogP contribution in [-0.4, -0.2) is 30.6 Å². The zero-order chi connectivity index (χ0) is 13.4. The zero-order valence-corrected chi connectivity index (χ0v) is 13.1. The summed E-state index contributed by atoms with van der Waals surface area (Å²) in [6.45, 7) is 13.6. The monoisotopic (exact) mass is 268 g/mol. The predicted molar refractivity (Wildman–Crippen MR) is 82.2 cm³/mol. The van der Waals surface area contributed by atoms with E-state index in [0.717, 1.165) is 32.1 Å². The van der Waals surface area contributed by atoms with Gasteiger partial charge in [-0.25, -0.2) is 0 Å². The molecule has 0 spiro atoms. The van der Waals surface area contributed by atoms with E-state index in [0.29, 0.717) is 6.04 Å². The molecule has 0 saturated heterocycles. The third-order valence-corrected chi connectivity index (χ3v) is 4.17. The Bertz CT molecular complexity index is 295. The van der Waals surface area contributed by atoms with Crippen molar-refractivity contribution in [1.29, 1.82) is 0 Å². The highest BCUT2D eigenvalue weighted by Crippen LogP contribution is 2.13. The third kappa shape index (κ3) is 5.98. The number of hydrogen-bond acceptors (Lipinski definition) is 3. The Morgan fingerprint density at radius 1 is 1.33 bits per heavy atom. The molecule has 0 aromatic carbocycles. The summed E-state index contributed by atoms with van der Waals surface area (Å²) in [7, 11) is 0. The predicted octanol–water partition coefficient (Wildman–Crippen LogP) is 3.59. The number of hydrogen-bond donors (Lipinski definition) is 1. The van der Waals surface area contributed by atoms with Gasteiger partial charge in [-0.2, -0.15) is 0 Å². The normalized spacial score (nSPS) is 13.4. The Kier molecular flexibility index (Phi) is 7.56. The molecule has 1 N–H and O–H groups in total. The molecule has 0 aliphatic carbocycles. The molecule has 0 saturated carbocycles. The van der Waals surface area contributed by atoms with Crippen LogP contribution < -0.4 is 5.32 Å². The van der Waals surface area contributed by atoms with Gasteiger partial charge in [0.05, 0.1) is 0 Å². The van der Waals surface area contributed by atoms with Gasteiger partial charge in [-0.1, -0.05) is 26.8 Å². The van der Waals surface area contributed by atoms with Crippen LogP contribution in [-0.2, 0) is 6.54 Å². The lowest BCUT2D eigenvalue weighted by Gasteiger charge is -2.27. The molecule has 0 aliphatic rings. The van der Waals surface area contributed by atoms with Crippen LogP contribution >= 0.6 is 11.3 Å². The second kappa shape index (κ2) is 8.68. The van der Waals surface area contributed by atoms with Crippen LogP contribution in [0.1, 0.15) is 39.0 Å². The van der Waals surface area contributed by atoms with Crippen LogP contribution in [0.2, 0.25) is 0 Å². The molecule has 1 aromatic heterocycles. The van der Waals surface area contributed by atoms with E-state index in [4.69, 9.17) is 0 Å². The minimum Gasteiger partial charge on any atom is -0.315 e. The van der Waals surface area contributed by atoms with Crippen LogP contribution in [0, 0.1) is 5.92 Å². The minimum absolute atomic E-state index is 0.601. The molecule has 3 heteroatoms. The van der Waals surface area contributed by atoms with Crippen molar-refractivity contribution in [3.8, 4) is 0 Å². The van der Waals surface area contributed by atoms with E-state index in [1.165, 1.54) is 11.3 Å². The van der Waals surface area contributed by atoms with E-state index in [1.54, 1.807) is 0 Å². The highest BCUT2D eigenvalue weighted by molar-refractivity contribution is 7.09. The second-order valence-electron chi connectivity index (χ2n) is 5.38. The molecule has 0 fully saturated rings. The van der Waals surface area contributed by atoms with Gasteiger partial charge < -0.3 is 5.32 Å². The van der Waals surface area contributed by atoms with Crippen molar-refractivity contribution in [1.82, 2.24) is 10.2 Å². The molecule has 1 atom stereocenters. The van der Waals surface area contributed by atoms with Crippen molar-refractivity contribution in [3.63, 3.8) is 0 Å². The lowest BCUT2D eigenvalue weighted by Crippen LogP contribution is -2.40. The van der Waals surface area contributed by atoms with Gasteiger partial charge in [0.25, 0.3) is 0 Å². The molecule has 2 nitrogen and oxygen atoms in total. The van der Waals surface area contributed by atoms with Gasteiger partial charge in [0.15, 0.2) is 0 Å². The molecule has 1 heterocycles. The van der Waals surface area contributed by atoms with Gasteiger partial charge in [-0.15, -0.1) is 11.3 Å². The molecule has 0 bridgehead atoms. The largest absolute Gasteiger partial charge is 0.315 e. The summed E-state index contributed by atoms with van der Waals surface area (Å²) in [5.74, 6) is 0.793. The minimum atomic E-state index is 0.601. The molecule has 0 aliphatic heterocycles. The molecule has 18 heavy (non-hydrogen) atoms. The Labute approximate surface area is 116 Å². The van der Waals surface area contributed by atoms with Crippen molar-refractivity contribution < 1.29 is 0 Å². The van der Waals surface area contributed by atoms with Gasteiger partial charge in [-0.05, 0) is 43.8 Å². The topological polar surface area (TPSA) is 15.3 Å². The quantitative estimate of drug-likeness (QED) is 0.689. The third-order valence-electron chi connectivity index (χ3n) is 3.31. The van der Waals surface area contributed by atoms with Crippen LogP contribution in [0.4, 0.5) is 0 Å². The average Bonchev–Trinajstić information content (AvgIpc) is 2.84. The first-order valence-electron chi connectivity index (χ1n) is 7.10. The van der Waals surface area contributed by atoms with Gasteiger partial charge in [0.2, 0.25) is 0 Å². The van der Waals surface area contributed by atoms with Crippen molar-refractivity contribution >= 4 is 11.3 Å². The highest BCUT2D eigenvalue weighted by atomic mass is 32.1. The van der Waals surface area contributed by atoms with Gasteiger partial charge in [-0.3, -0.25) is 4.90 Å². The maximum absolute atomic E-state index is 3.57. The first kappa shape index (κ1) is 15.7. The van der Waals surface area contributed by atoms with E-state index < -0.39 is 0 Å². The molecular formula is C15H28N2S. The van der Waals surface area contributed by atoms with E-state index in [2.05, 4.69) is 55.4 Å². The Morgan fingerprint density at radius 2 is 2.11 bits per heavy atom. The van der Waals surface area contributed by atoms with Crippen molar-refractivity contribution in [2.24, 2.45) is 5.92 Å². The van der Waals surface area contributed by atoms with Gasteiger partial charge in [0, 0.05) is 24.0 Å². The Morgan fingerprint density at radius 3 is 2.67 bits per heavy atom. The van der Waals surface area contributed by atoms with Crippen LogP contribution in [0.25, 0.3) is 0 Å². The summed E-state index contributed by atoms with van der Waals surface area (Å²) in [6, 6.07) is 4.97. The van der Waals surface area contributed by atoms with Crippen molar-refractivity contribution in [2.45, 2.75) is 46.7 Å². The van der Waals surface area contributed by atoms with Gasteiger partial charge >= 0.3 is 0 Å². The number of nitrogens with zero attached hydrogens (tertiary/aromatic N) is 1. The van der Waals surface area contributed by atoms with E-state index in [-0.39, 0.29) is 0 Å². The molecule has 1 rings (SSSR count). The summed E-state index contributed by atoms with van der Waals surface area (Å²) >= 11 is 1.85. The Balaban J connectivity index is 2.26.